The number of aryl methyl sites for hydroxylation is 1. The van der Waals surface area contributed by atoms with Crippen LogP contribution in [0.25, 0.3) is 0 Å². The molecule has 114 valence electrons. The van der Waals surface area contributed by atoms with E-state index in [1.54, 1.807) is 0 Å². The number of thiazole rings is 1. The number of hydrogen-bond acceptors (Lipinski definition) is 4. The van der Waals surface area contributed by atoms with Crippen molar-refractivity contribution in [3.05, 3.63) is 46.5 Å². The molecule has 1 aliphatic rings. The zero-order chi connectivity index (χ0) is 15.7. The van der Waals surface area contributed by atoms with Crippen molar-refractivity contribution >= 4 is 28.3 Å². The van der Waals surface area contributed by atoms with Gasteiger partial charge in [-0.3, -0.25) is 14.5 Å². The fourth-order valence-electron chi connectivity index (χ4n) is 2.54. The summed E-state index contributed by atoms with van der Waals surface area (Å²) in [4.78, 5) is 30.2. The second-order valence-electron chi connectivity index (χ2n) is 5.41. The minimum Gasteiger partial charge on any atom is -0.481 e. The van der Waals surface area contributed by atoms with Gasteiger partial charge in [0.05, 0.1) is 11.6 Å². The number of aromatic nitrogens is 1. The lowest BCUT2D eigenvalue weighted by molar-refractivity contribution is -0.141. The summed E-state index contributed by atoms with van der Waals surface area (Å²) in [7, 11) is 0. The highest BCUT2D eigenvalue weighted by molar-refractivity contribution is 7.15. The maximum atomic E-state index is 12.0. The Kier molecular flexibility index (Phi) is 3.94. The van der Waals surface area contributed by atoms with E-state index in [1.165, 1.54) is 21.8 Å². The normalized spacial score (nSPS) is 18.0. The number of carbonyl (C=O) groups excluding carboxylic acids is 1. The van der Waals surface area contributed by atoms with Gasteiger partial charge in [0.2, 0.25) is 5.91 Å². The van der Waals surface area contributed by atoms with E-state index in [1.807, 2.05) is 37.3 Å². The van der Waals surface area contributed by atoms with Crippen LogP contribution in [0.3, 0.4) is 0 Å². The van der Waals surface area contributed by atoms with Gasteiger partial charge in [-0.1, -0.05) is 30.3 Å². The Morgan fingerprint density at radius 1 is 1.41 bits per heavy atom. The van der Waals surface area contributed by atoms with Crippen molar-refractivity contribution in [1.82, 2.24) is 4.98 Å². The third-order valence-corrected chi connectivity index (χ3v) is 4.84. The fraction of sp³-hybridized carbons (Fsp3) is 0.312. The van der Waals surface area contributed by atoms with Crippen molar-refractivity contribution in [1.29, 1.82) is 0 Å². The summed E-state index contributed by atoms with van der Waals surface area (Å²) in [6.45, 7) is 2.20. The third kappa shape index (κ3) is 2.87. The van der Waals surface area contributed by atoms with Crippen LogP contribution >= 0.6 is 11.3 Å². The Morgan fingerprint density at radius 3 is 2.77 bits per heavy atom. The van der Waals surface area contributed by atoms with Crippen LogP contribution in [0.15, 0.2) is 30.3 Å². The van der Waals surface area contributed by atoms with Gasteiger partial charge in [-0.15, -0.1) is 11.3 Å². The van der Waals surface area contributed by atoms with Gasteiger partial charge in [-0.05, 0) is 12.5 Å². The van der Waals surface area contributed by atoms with Crippen molar-refractivity contribution < 1.29 is 14.7 Å². The van der Waals surface area contributed by atoms with E-state index in [9.17, 15) is 9.59 Å². The Morgan fingerprint density at radius 2 is 2.14 bits per heavy atom. The first-order valence-corrected chi connectivity index (χ1v) is 7.89. The number of hydrogen-bond donors (Lipinski definition) is 1. The Balaban J connectivity index is 1.80. The number of carbonyl (C=O) groups is 2. The number of anilines is 1. The summed E-state index contributed by atoms with van der Waals surface area (Å²) in [5, 5.41) is 9.66. The predicted octanol–water partition coefficient (Wildman–Crippen LogP) is 2.48. The van der Waals surface area contributed by atoms with Crippen LogP contribution in [0, 0.1) is 12.8 Å². The molecule has 6 heteroatoms. The first-order valence-electron chi connectivity index (χ1n) is 7.08. The second-order valence-corrected chi connectivity index (χ2v) is 6.59. The van der Waals surface area contributed by atoms with Crippen molar-refractivity contribution in [3.63, 3.8) is 0 Å². The average Bonchev–Trinajstić information content (AvgIpc) is 3.04. The molecule has 1 fully saturated rings. The van der Waals surface area contributed by atoms with Gasteiger partial charge in [0.15, 0.2) is 5.13 Å². The molecule has 0 aliphatic carbocycles. The van der Waals surface area contributed by atoms with Gasteiger partial charge in [0.25, 0.3) is 0 Å². The monoisotopic (exact) mass is 316 g/mol. The number of carboxylic acid groups (broad SMARTS) is 1. The standard InChI is InChI=1S/C16H16N2O3S/c1-10-13(7-11-5-3-2-4-6-11)17-16(22-10)18-9-12(15(20)21)8-14(18)19/h2-6,12H,7-9H2,1H3,(H,20,21)/t12-/m1/s1. The minimum atomic E-state index is -0.923. The molecule has 1 N–H and O–H groups in total. The lowest BCUT2D eigenvalue weighted by Crippen LogP contribution is -2.25. The molecule has 0 unspecified atom stereocenters. The molecule has 0 radical (unpaired) electrons. The van der Waals surface area contributed by atoms with Gasteiger partial charge in [-0.2, -0.15) is 0 Å². The Labute approximate surface area is 132 Å². The second kappa shape index (κ2) is 5.88. The third-order valence-electron chi connectivity index (χ3n) is 3.80. The molecule has 5 nitrogen and oxygen atoms in total. The van der Waals surface area contributed by atoms with Crippen molar-refractivity contribution in [2.75, 3.05) is 11.4 Å². The van der Waals surface area contributed by atoms with E-state index in [-0.39, 0.29) is 18.9 Å². The summed E-state index contributed by atoms with van der Waals surface area (Å²) >= 11 is 1.45. The van der Waals surface area contributed by atoms with Crippen molar-refractivity contribution in [2.24, 2.45) is 5.92 Å². The lowest BCUT2D eigenvalue weighted by atomic mass is 10.1. The molecular weight excluding hydrogens is 300 g/mol. The molecule has 3 rings (SSSR count). The molecule has 0 bridgehead atoms. The number of rotatable bonds is 4. The molecular formula is C16H16N2O3S. The first-order chi connectivity index (χ1) is 10.5. The highest BCUT2D eigenvalue weighted by Gasteiger charge is 2.36. The molecule has 1 saturated heterocycles. The summed E-state index contributed by atoms with van der Waals surface area (Å²) in [5.41, 5.74) is 2.11. The maximum absolute atomic E-state index is 12.0. The first kappa shape index (κ1) is 14.7. The number of nitrogens with zero attached hydrogens (tertiary/aromatic N) is 2. The smallest absolute Gasteiger partial charge is 0.308 e. The van der Waals surface area contributed by atoms with E-state index < -0.39 is 11.9 Å². The minimum absolute atomic E-state index is 0.0575. The summed E-state index contributed by atoms with van der Waals surface area (Å²) in [6.07, 6.45) is 0.773. The highest BCUT2D eigenvalue weighted by Crippen LogP contribution is 2.31. The molecule has 2 heterocycles. The van der Waals surface area contributed by atoms with Crippen molar-refractivity contribution in [3.8, 4) is 0 Å². The quantitative estimate of drug-likeness (QED) is 0.940. The van der Waals surface area contributed by atoms with Crippen molar-refractivity contribution in [2.45, 2.75) is 19.8 Å². The molecule has 1 aromatic heterocycles. The number of carboxylic acids is 1. The van der Waals surface area contributed by atoms with E-state index >= 15 is 0 Å². The van der Waals surface area contributed by atoms with E-state index in [0.29, 0.717) is 11.6 Å². The van der Waals surface area contributed by atoms with Gasteiger partial charge >= 0.3 is 5.97 Å². The van der Waals surface area contributed by atoms with Gasteiger partial charge in [0.1, 0.15) is 0 Å². The molecule has 1 aliphatic heterocycles. The summed E-state index contributed by atoms with van der Waals surface area (Å²) in [6, 6.07) is 10.0. The fourth-order valence-corrected chi connectivity index (χ4v) is 3.49. The molecule has 0 spiro atoms. The zero-order valence-corrected chi connectivity index (χ0v) is 13.0. The predicted molar refractivity (Wildman–Crippen MR) is 84.2 cm³/mol. The molecule has 22 heavy (non-hydrogen) atoms. The van der Waals surface area contributed by atoms with Gasteiger partial charge in [0, 0.05) is 24.3 Å². The van der Waals surface area contributed by atoms with Crippen LogP contribution < -0.4 is 4.90 Å². The van der Waals surface area contributed by atoms with Crippen LogP contribution in [-0.2, 0) is 16.0 Å². The van der Waals surface area contributed by atoms with Gasteiger partial charge in [-0.25, -0.2) is 4.98 Å². The lowest BCUT2D eigenvalue weighted by Gasteiger charge is -2.11. The average molecular weight is 316 g/mol. The summed E-state index contributed by atoms with van der Waals surface area (Å²) < 4.78 is 0. The van der Waals surface area contributed by atoms with E-state index in [2.05, 4.69) is 4.98 Å². The van der Waals surface area contributed by atoms with Crippen LogP contribution in [0.4, 0.5) is 5.13 Å². The van der Waals surface area contributed by atoms with E-state index in [0.717, 1.165) is 10.6 Å². The van der Waals surface area contributed by atoms with Gasteiger partial charge < -0.3 is 5.11 Å². The number of benzene rings is 1. The van der Waals surface area contributed by atoms with Crippen LogP contribution in [0.1, 0.15) is 22.6 Å². The molecule has 0 saturated carbocycles. The maximum Gasteiger partial charge on any atom is 0.308 e. The molecule has 1 atom stereocenters. The summed E-state index contributed by atoms with van der Waals surface area (Å²) in [5.74, 6) is -1.71. The largest absolute Gasteiger partial charge is 0.481 e. The van der Waals surface area contributed by atoms with Crippen LogP contribution in [-0.4, -0.2) is 28.5 Å². The zero-order valence-electron chi connectivity index (χ0n) is 12.2. The molecule has 1 amide bonds. The molecule has 1 aromatic carbocycles. The number of aliphatic carboxylic acids is 1. The SMILES string of the molecule is Cc1sc(N2C[C@H](C(=O)O)CC2=O)nc1Cc1ccccc1. The number of amides is 1. The Hall–Kier alpha value is -2.21. The van der Waals surface area contributed by atoms with Crippen LogP contribution in [0.2, 0.25) is 0 Å². The van der Waals surface area contributed by atoms with Crippen LogP contribution in [0.5, 0.6) is 0 Å². The van der Waals surface area contributed by atoms with E-state index in [4.69, 9.17) is 5.11 Å². The molecule has 2 aromatic rings. The Bertz CT molecular complexity index is 711. The highest BCUT2D eigenvalue weighted by atomic mass is 32.1. The topological polar surface area (TPSA) is 70.5 Å².